The molecule has 0 amide bonds. The second kappa shape index (κ2) is 39.1. The number of carbonyl (C=O) groups is 2. The van der Waals surface area contributed by atoms with E-state index in [9.17, 15) is 14.7 Å². The van der Waals surface area contributed by atoms with Crippen LogP contribution in [-0.4, -0.2) is 35.4 Å². The Hall–Kier alpha value is -1.36. The molecule has 1 atom stereocenters. The molecule has 1 N–H and O–H groups in total. The number of allylic oxidation sites excluding steroid dienone is 1. The first-order valence-electron chi connectivity index (χ1n) is 20.4. The standard InChI is InChI=1S/C21H40O3.C21H42O2/c1-4-5-6-13-16-20(22)17-14-11-9-7-8-10-12-15-18-21(23)24-19(2)3;1-4-5-6-7-8-9-10-11-12-13-14-15-16-17-18-19-21(22)23-20(2)3/h11,14,19-20,22H,4-10,12-13,15-18H2,1-3H3;20H,4-19H2,1-3H3/b14-11-;. The van der Waals surface area contributed by atoms with E-state index in [2.05, 4.69) is 26.0 Å². The fourth-order valence-corrected chi connectivity index (χ4v) is 5.64. The molecule has 0 aromatic carbocycles. The van der Waals surface area contributed by atoms with Gasteiger partial charge in [-0.05, 0) is 66.2 Å². The summed E-state index contributed by atoms with van der Waals surface area (Å²) in [5, 5.41) is 9.86. The van der Waals surface area contributed by atoms with Crippen molar-refractivity contribution in [2.45, 2.75) is 246 Å². The van der Waals surface area contributed by atoms with Crippen molar-refractivity contribution in [2.24, 2.45) is 0 Å². The monoisotopic (exact) mass is 667 g/mol. The number of esters is 2. The maximum Gasteiger partial charge on any atom is 0.306 e. The van der Waals surface area contributed by atoms with Gasteiger partial charge in [0.25, 0.3) is 0 Å². The number of aliphatic hydroxyl groups is 1. The molecule has 0 rings (SSSR count). The van der Waals surface area contributed by atoms with E-state index in [1.165, 1.54) is 128 Å². The average molecular weight is 667 g/mol. The fourth-order valence-electron chi connectivity index (χ4n) is 5.64. The molecule has 5 heteroatoms. The summed E-state index contributed by atoms with van der Waals surface area (Å²) in [5.74, 6) is -0.101. The maximum absolute atomic E-state index is 11.4. The van der Waals surface area contributed by atoms with Crippen LogP contribution in [0.3, 0.4) is 0 Å². The third kappa shape index (κ3) is 44.6. The van der Waals surface area contributed by atoms with Crippen molar-refractivity contribution in [3.8, 4) is 0 Å². The molecule has 0 aromatic heterocycles. The lowest BCUT2D eigenvalue weighted by Crippen LogP contribution is -2.10. The summed E-state index contributed by atoms with van der Waals surface area (Å²) in [4.78, 5) is 22.7. The summed E-state index contributed by atoms with van der Waals surface area (Å²) in [6, 6.07) is 0. The first kappa shape index (κ1) is 47.8. The minimum atomic E-state index is -0.163. The van der Waals surface area contributed by atoms with E-state index in [0.717, 1.165) is 44.9 Å². The minimum Gasteiger partial charge on any atom is -0.463 e. The van der Waals surface area contributed by atoms with Crippen LogP contribution in [-0.2, 0) is 19.1 Å². The first-order chi connectivity index (χ1) is 22.7. The third-order valence-corrected chi connectivity index (χ3v) is 8.44. The Bertz CT molecular complexity index is 672. The van der Waals surface area contributed by atoms with Gasteiger partial charge in [0.15, 0.2) is 0 Å². The molecule has 0 aromatic rings. The predicted molar refractivity (Wildman–Crippen MR) is 203 cm³/mol. The number of carbonyl (C=O) groups excluding carboxylic acids is 2. The predicted octanol–water partition coefficient (Wildman–Crippen LogP) is 13.1. The highest BCUT2D eigenvalue weighted by atomic mass is 16.5. The van der Waals surface area contributed by atoms with E-state index in [1.54, 1.807) is 0 Å². The maximum atomic E-state index is 11.4. The van der Waals surface area contributed by atoms with Crippen LogP contribution in [0.1, 0.15) is 228 Å². The Labute approximate surface area is 293 Å². The van der Waals surface area contributed by atoms with Crippen molar-refractivity contribution in [2.75, 3.05) is 0 Å². The van der Waals surface area contributed by atoms with Crippen molar-refractivity contribution >= 4 is 11.9 Å². The lowest BCUT2D eigenvalue weighted by Gasteiger charge is -2.07. The van der Waals surface area contributed by atoms with Gasteiger partial charge in [-0.1, -0.05) is 161 Å². The van der Waals surface area contributed by atoms with Crippen LogP contribution < -0.4 is 0 Å². The number of unbranched alkanes of at least 4 members (excludes halogenated alkanes) is 22. The van der Waals surface area contributed by atoms with Gasteiger partial charge in [-0.3, -0.25) is 9.59 Å². The molecule has 47 heavy (non-hydrogen) atoms. The molecule has 0 spiro atoms. The zero-order chi connectivity index (χ0) is 35.2. The van der Waals surface area contributed by atoms with Crippen LogP contribution in [0.5, 0.6) is 0 Å². The third-order valence-electron chi connectivity index (χ3n) is 8.44. The molecule has 0 aliphatic carbocycles. The fraction of sp³-hybridized carbons (Fsp3) is 0.905. The van der Waals surface area contributed by atoms with Crippen LogP contribution in [0, 0.1) is 0 Å². The van der Waals surface area contributed by atoms with Crippen molar-refractivity contribution in [1.29, 1.82) is 0 Å². The molecule has 0 fully saturated rings. The largest absolute Gasteiger partial charge is 0.463 e. The zero-order valence-corrected chi connectivity index (χ0v) is 32.5. The lowest BCUT2D eigenvalue weighted by atomic mass is 10.0. The van der Waals surface area contributed by atoms with Gasteiger partial charge in [0, 0.05) is 12.8 Å². The molecule has 280 valence electrons. The van der Waals surface area contributed by atoms with Crippen molar-refractivity contribution in [3.63, 3.8) is 0 Å². The Balaban J connectivity index is 0. The number of ether oxygens (including phenoxy) is 2. The van der Waals surface area contributed by atoms with Gasteiger partial charge in [-0.2, -0.15) is 0 Å². The van der Waals surface area contributed by atoms with E-state index >= 15 is 0 Å². The van der Waals surface area contributed by atoms with E-state index in [-0.39, 0.29) is 30.3 Å². The molecule has 0 aliphatic rings. The van der Waals surface area contributed by atoms with Crippen LogP contribution in [0.2, 0.25) is 0 Å². The van der Waals surface area contributed by atoms with E-state index < -0.39 is 0 Å². The first-order valence-corrected chi connectivity index (χ1v) is 20.4. The Morgan fingerprint density at radius 1 is 0.489 bits per heavy atom. The normalized spacial score (nSPS) is 12.0. The van der Waals surface area contributed by atoms with Gasteiger partial charge in [0.2, 0.25) is 0 Å². The highest BCUT2D eigenvalue weighted by molar-refractivity contribution is 5.69. The second-order valence-electron chi connectivity index (χ2n) is 14.3. The molecule has 0 bridgehead atoms. The second-order valence-corrected chi connectivity index (χ2v) is 14.3. The molecular formula is C42H82O5. The van der Waals surface area contributed by atoms with Crippen LogP contribution in [0.15, 0.2) is 12.2 Å². The van der Waals surface area contributed by atoms with Gasteiger partial charge < -0.3 is 14.6 Å². The summed E-state index contributed by atoms with van der Waals surface area (Å²) in [6.45, 7) is 12.1. The molecular weight excluding hydrogens is 584 g/mol. The lowest BCUT2D eigenvalue weighted by molar-refractivity contribution is -0.148. The quantitative estimate of drug-likeness (QED) is 0.0429. The van der Waals surface area contributed by atoms with Crippen molar-refractivity contribution < 1.29 is 24.2 Å². The van der Waals surface area contributed by atoms with E-state index in [1.807, 2.05) is 27.7 Å². The summed E-state index contributed by atoms with van der Waals surface area (Å²) >= 11 is 0. The van der Waals surface area contributed by atoms with Crippen LogP contribution in [0.25, 0.3) is 0 Å². The van der Waals surface area contributed by atoms with Gasteiger partial charge in [-0.15, -0.1) is 0 Å². The summed E-state index contributed by atoms with van der Waals surface area (Å²) in [6.07, 6.45) is 39.0. The molecule has 0 aliphatic heterocycles. The number of rotatable bonds is 33. The van der Waals surface area contributed by atoms with E-state index in [4.69, 9.17) is 9.47 Å². The highest BCUT2D eigenvalue weighted by Gasteiger charge is 2.05. The zero-order valence-electron chi connectivity index (χ0n) is 32.5. The smallest absolute Gasteiger partial charge is 0.306 e. The van der Waals surface area contributed by atoms with Crippen LogP contribution >= 0.6 is 0 Å². The molecule has 0 saturated carbocycles. The number of hydrogen-bond donors (Lipinski definition) is 1. The SMILES string of the molecule is CCCCCCC(O)C/C=C\CCCCCCCC(=O)OC(C)C.CCCCCCCCCCCCCCCCCC(=O)OC(C)C. The molecule has 0 heterocycles. The van der Waals surface area contributed by atoms with Crippen molar-refractivity contribution in [1.82, 2.24) is 0 Å². The summed E-state index contributed by atoms with van der Waals surface area (Å²) < 4.78 is 10.2. The average Bonchev–Trinajstić information content (AvgIpc) is 3.01. The van der Waals surface area contributed by atoms with Crippen LogP contribution in [0.4, 0.5) is 0 Å². The number of hydrogen-bond acceptors (Lipinski definition) is 5. The van der Waals surface area contributed by atoms with Crippen molar-refractivity contribution in [3.05, 3.63) is 12.2 Å². The minimum absolute atomic E-state index is 0.000791. The van der Waals surface area contributed by atoms with Gasteiger partial charge in [0.05, 0.1) is 18.3 Å². The molecule has 0 radical (unpaired) electrons. The number of aliphatic hydroxyl groups excluding tert-OH is 1. The van der Waals surface area contributed by atoms with E-state index in [0.29, 0.717) is 12.8 Å². The summed E-state index contributed by atoms with van der Waals surface area (Å²) in [7, 11) is 0. The summed E-state index contributed by atoms with van der Waals surface area (Å²) in [5.41, 5.74) is 0. The van der Waals surface area contributed by atoms with Gasteiger partial charge in [0.1, 0.15) is 0 Å². The van der Waals surface area contributed by atoms with Gasteiger partial charge in [-0.25, -0.2) is 0 Å². The Kier molecular flexibility index (Phi) is 39.7. The molecule has 0 saturated heterocycles. The molecule has 5 nitrogen and oxygen atoms in total. The topological polar surface area (TPSA) is 72.8 Å². The molecule has 1 unspecified atom stereocenters. The van der Waals surface area contributed by atoms with Gasteiger partial charge >= 0.3 is 11.9 Å². The highest BCUT2D eigenvalue weighted by Crippen LogP contribution is 2.14. The Morgan fingerprint density at radius 3 is 1.21 bits per heavy atom. The Morgan fingerprint density at radius 2 is 0.830 bits per heavy atom.